The summed E-state index contributed by atoms with van der Waals surface area (Å²) in [7, 11) is 1.98. The van der Waals surface area contributed by atoms with Gasteiger partial charge in [-0.1, -0.05) is 25.1 Å². The first-order chi connectivity index (χ1) is 9.45. The molecule has 106 valence electrons. The smallest absolute Gasteiger partial charge is 0.257 e. The van der Waals surface area contributed by atoms with Crippen LogP contribution in [-0.4, -0.2) is 10.5 Å². The summed E-state index contributed by atoms with van der Waals surface area (Å²) in [5.74, 6) is -0.0322. The number of nitrogens with zero attached hydrogens (tertiary/aromatic N) is 1. The van der Waals surface area contributed by atoms with Crippen molar-refractivity contribution in [3.63, 3.8) is 0 Å². The highest BCUT2D eigenvalue weighted by Gasteiger charge is 2.16. The molecule has 1 amide bonds. The summed E-state index contributed by atoms with van der Waals surface area (Å²) >= 11 is 0. The molecule has 2 aromatic rings. The van der Waals surface area contributed by atoms with Crippen LogP contribution < -0.4 is 5.32 Å². The molecule has 0 aliphatic carbocycles. The second-order valence-corrected chi connectivity index (χ2v) is 5.26. The van der Waals surface area contributed by atoms with Gasteiger partial charge in [-0.25, -0.2) is 0 Å². The Morgan fingerprint density at radius 1 is 1.25 bits per heavy atom. The largest absolute Gasteiger partial charge is 0.351 e. The van der Waals surface area contributed by atoms with Crippen LogP contribution in [0.3, 0.4) is 0 Å². The lowest BCUT2D eigenvalue weighted by molar-refractivity contribution is 0.102. The molecule has 1 aromatic heterocycles. The maximum absolute atomic E-state index is 12.5. The van der Waals surface area contributed by atoms with Gasteiger partial charge >= 0.3 is 0 Å². The zero-order valence-electron chi connectivity index (χ0n) is 12.9. The van der Waals surface area contributed by atoms with Gasteiger partial charge in [-0.3, -0.25) is 4.79 Å². The normalized spacial score (nSPS) is 10.7. The van der Waals surface area contributed by atoms with Crippen LogP contribution in [0.4, 0.5) is 5.69 Å². The summed E-state index contributed by atoms with van der Waals surface area (Å²) < 4.78 is 2.04. The number of carbonyl (C=O) groups excluding carboxylic acids is 1. The lowest BCUT2D eigenvalue weighted by Gasteiger charge is -2.13. The zero-order chi connectivity index (χ0) is 14.9. The van der Waals surface area contributed by atoms with Crippen LogP contribution in [0.25, 0.3) is 0 Å². The van der Waals surface area contributed by atoms with Gasteiger partial charge in [0.15, 0.2) is 0 Å². The molecular weight excluding hydrogens is 248 g/mol. The van der Waals surface area contributed by atoms with Gasteiger partial charge in [-0.05, 0) is 44.4 Å². The number of para-hydroxylation sites is 1. The first-order valence-corrected chi connectivity index (χ1v) is 6.98. The Hall–Kier alpha value is -2.03. The zero-order valence-corrected chi connectivity index (χ0v) is 12.9. The summed E-state index contributed by atoms with van der Waals surface area (Å²) in [6.07, 6.45) is 0.907. The molecule has 1 N–H and O–H groups in total. The van der Waals surface area contributed by atoms with Gasteiger partial charge in [0.05, 0.1) is 5.56 Å². The van der Waals surface area contributed by atoms with E-state index in [1.54, 1.807) is 0 Å². The Morgan fingerprint density at radius 2 is 1.95 bits per heavy atom. The molecule has 0 bridgehead atoms. The molecule has 2 rings (SSSR count). The number of amides is 1. The van der Waals surface area contributed by atoms with Crippen molar-refractivity contribution >= 4 is 11.6 Å². The van der Waals surface area contributed by atoms with Gasteiger partial charge in [0.1, 0.15) is 0 Å². The van der Waals surface area contributed by atoms with Crippen molar-refractivity contribution < 1.29 is 4.79 Å². The van der Waals surface area contributed by atoms with Crippen molar-refractivity contribution in [1.29, 1.82) is 0 Å². The molecule has 0 saturated carbocycles. The van der Waals surface area contributed by atoms with Crippen molar-refractivity contribution in [2.75, 3.05) is 5.32 Å². The van der Waals surface area contributed by atoms with Gasteiger partial charge < -0.3 is 9.88 Å². The lowest BCUT2D eigenvalue weighted by atomic mass is 10.1. The fourth-order valence-electron chi connectivity index (χ4n) is 2.47. The fourth-order valence-corrected chi connectivity index (χ4v) is 2.47. The number of aromatic nitrogens is 1. The standard InChI is InChI=1S/C17H22N2O/c1-6-14-9-7-8-11(2)16(14)18-17(20)15-10-12(3)19(5)13(15)4/h7-10H,6H2,1-5H3,(H,18,20). The summed E-state index contributed by atoms with van der Waals surface area (Å²) in [6.45, 7) is 8.11. The second-order valence-electron chi connectivity index (χ2n) is 5.26. The first-order valence-electron chi connectivity index (χ1n) is 6.98. The highest BCUT2D eigenvalue weighted by Crippen LogP contribution is 2.23. The molecule has 0 aliphatic rings. The van der Waals surface area contributed by atoms with E-state index < -0.39 is 0 Å². The molecule has 20 heavy (non-hydrogen) atoms. The second kappa shape index (κ2) is 5.53. The average Bonchev–Trinajstić information content (AvgIpc) is 2.68. The summed E-state index contributed by atoms with van der Waals surface area (Å²) in [5, 5.41) is 3.08. The van der Waals surface area contributed by atoms with E-state index in [2.05, 4.69) is 18.3 Å². The molecule has 3 heteroatoms. The maximum Gasteiger partial charge on any atom is 0.257 e. The molecule has 0 fully saturated rings. The van der Waals surface area contributed by atoms with Crippen LogP contribution in [0.1, 0.15) is 39.8 Å². The van der Waals surface area contributed by atoms with Gasteiger partial charge in [-0.2, -0.15) is 0 Å². The molecule has 0 saturated heterocycles. The highest BCUT2D eigenvalue weighted by molar-refractivity contribution is 6.06. The van der Waals surface area contributed by atoms with Crippen molar-refractivity contribution in [2.24, 2.45) is 7.05 Å². The molecule has 0 radical (unpaired) electrons. The number of nitrogens with one attached hydrogen (secondary N) is 1. The minimum Gasteiger partial charge on any atom is -0.351 e. The SMILES string of the molecule is CCc1cccc(C)c1NC(=O)c1cc(C)n(C)c1C. The number of anilines is 1. The Balaban J connectivity index is 2.35. The molecule has 0 spiro atoms. The van der Waals surface area contributed by atoms with Crippen molar-refractivity contribution in [2.45, 2.75) is 34.1 Å². The predicted molar refractivity (Wildman–Crippen MR) is 83.4 cm³/mol. The quantitative estimate of drug-likeness (QED) is 0.905. The number of benzene rings is 1. The van der Waals surface area contributed by atoms with Crippen molar-refractivity contribution in [1.82, 2.24) is 4.57 Å². The van der Waals surface area contributed by atoms with Gasteiger partial charge in [0, 0.05) is 24.1 Å². The molecule has 0 aliphatic heterocycles. The van der Waals surface area contributed by atoms with E-state index in [1.165, 1.54) is 5.56 Å². The van der Waals surface area contributed by atoms with E-state index in [-0.39, 0.29) is 5.91 Å². The topological polar surface area (TPSA) is 34.0 Å². The molecular formula is C17H22N2O. The lowest BCUT2D eigenvalue weighted by Crippen LogP contribution is -2.15. The highest BCUT2D eigenvalue weighted by atomic mass is 16.1. The minimum absolute atomic E-state index is 0.0322. The van der Waals surface area contributed by atoms with E-state index >= 15 is 0 Å². The predicted octanol–water partition coefficient (Wildman–Crippen LogP) is 3.77. The van der Waals surface area contributed by atoms with Crippen LogP contribution in [-0.2, 0) is 13.5 Å². The Labute approximate surface area is 120 Å². The third-order valence-electron chi connectivity index (χ3n) is 4.00. The Morgan fingerprint density at radius 3 is 2.50 bits per heavy atom. The van der Waals surface area contributed by atoms with Crippen LogP contribution >= 0.6 is 0 Å². The number of rotatable bonds is 3. The van der Waals surface area contributed by atoms with Crippen molar-refractivity contribution in [3.05, 3.63) is 52.3 Å². The third kappa shape index (κ3) is 2.48. The van der Waals surface area contributed by atoms with E-state index in [0.29, 0.717) is 0 Å². The molecule has 0 atom stereocenters. The summed E-state index contributed by atoms with van der Waals surface area (Å²) in [5.41, 5.74) is 6.04. The van der Waals surface area contributed by atoms with Gasteiger partial charge in [0.2, 0.25) is 0 Å². The number of hydrogen-bond acceptors (Lipinski definition) is 1. The number of hydrogen-bond donors (Lipinski definition) is 1. The Bertz CT molecular complexity index is 653. The molecule has 1 aromatic carbocycles. The van der Waals surface area contributed by atoms with Crippen molar-refractivity contribution in [3.8, 4) is 0 Å². The fraction of sp³-hybridized carbons (Fsp3) is 0.353. The van der Waals surface area contributed by atoms with Crippen LogP contribution in [0.5, 0.6) is 0 Å². The molecule has 1 heterocycles. The number of aryl methyl sites for hydroxylation is 3. The number of carbonyl (C=O) groups is 1. The monoisotopic (exact) mass is 270 g/mol. The maximum atomic E-state index is 12.5. The van der Waals surface area contributed by atoms with Gasteiger partial charge in [0.25, 0.3) is 5.91 Å². The summed E-state index contributed by atoms with van der Waals surface area (Å²) in [6, 6.07) is 8.06. The minimum atomic E-state index is -0.0322. The third-order valence-corrected chi connectivity index (χ3v) is 4.00. The molecule has 0 unspecified atom stereocenters. The van der Waals surface area contributed by atoms with Crippen LogP contribution in [0.15, 0.2) is 24.3 Å². The molecule has 3 nitrogen and oxygen atoms in total. The van der Waals surface area contributed by atoms with Gasteiger partial charge in [-0.15, -0.1) is 0 Å². The average molecular weight is 270 g/mol. The van der Waals surface area contributed by atoms with E-state index in [1.807, 2.05) is 50.6 Å². The van der Waals surface area contributed by atoms with Crippen LogP contribution in [0, 0.1) is 20.8 Å². The Kier molecular flexibility index (Phi) is 3.98. The van der Waals surface area contributed by atoms with E-state index in [9.17, 15) is 4.79 Å². The van der Waals surface area contributed by atoms with E-state index in [4.69, 9.17) is 0 Å². The summed E-state index contributed by atoms with van der Waals surface area (Å²) in [4.78, 5) is 12.5. The van der Waals surface area contributed by atoms with E-state index in [0.717, 1.165) is 34.6 Å². The van der Waals surface area contributed by atoms with Crippen LogP contribution in [0.2, 0.25) is 0 Å². The first kappa shape index (κ1) is 14.4.